The average Bonchev–Trinajstić information content (AvgIpc) is 2.57. The predicted octanol–water partition coefficient (Wildman–Crippen LogP) is 4.10. The van der Waals surface area contributed by atoms with Gasteiger partial charge in [0.15, 0.2) is 0 Å². The zero-order chi connectivity index (χ0) is 18.4. The van der Waals surface area contributed by atoms with Gasteiger partial charge in [-0.15, -0.1) is 0 Å². The van der Waals surface area contributed by atoms with Crippen molar-refractivity contribution in [2.24, 2.45) is 0 Å². The van der Waals surface area contributed by atoms with Crippen molar-refractivity contribution in [2.75, 3.05) is 16.6 Å². The van der Waals surface area contributed by atoms with E-state index < -0.39 is 11.0 Å². The molecule has 0 aliphatic heterocycles. The quantitative estimate of drug-likeness (QED) is 0.473. The van der Waals surface area contributed by atoms with Crippen LogP contribution in [0.15, 0.2) is 42.5 Å². The van der Waals surface area contributed by atoms with Crippen molar-refractivity contribution in [2.45, 2.75) is 13.5 Å². The molecule has 2 aromatic carbocycles. The molecule has 132 valence electrons. The molecule has 2 aromatic rings. The van der Waals surface area contributed by atoms with Crippen molar-refractivity contribution in [3.8, 4) is 0 Å². The maximum atomic E-state index is 13.0. The number of halogens is 1. The minimum absolute atomic E-state index is 0.0485. The Morgan fingerprint density at radius 3 is 2.60 bits per heavy atom. The van der Waals surface area contributed by atoms with Crippen molar-refractivity contribution in [3.05, 3.63) is 64.0 Å². The molecular formula is C16H17FN3O4P. The lowest BCUT2D eigenvalue weighted by Gasteiger charge is -2.19. The van der Waals surface area contributed by atoms with E-state index in [9.17, 15) is 19.3 Å². The summed E-state index contributed by atoms with van der Waals surface area (Å²) in [5.74, 6) is -0.330. The van der Waals surface area contributed by atoms with Gasteiger partial charge in [-0.1, -0.05) is 12.1 Å². The van der Waals surface area contributed by atoms with Crippen LogP contribution in [0.25, 0.3) is 0 Å². The standard InChI is InChI=1S/C16H17FN3O4P/c1-2-24-16(21)18-14-8-7-13(9-15(14)20(22)23)19(25)10-11-3-5-12(17)6-4-11/h3-9H,2,10,25H2,1H3,(H,18,21). The van der Waals surface area contributed by atoms with Crippen LogP contribution in [0.2, 0.25) is 0 Å². The van der Waals surface area contributed by atoms with Gasteiger partial charge >= 0.3 is 6.09 Å². The second-order valence-electron chi connectivity index (χ2n) is 5.06. The molecule has 0 fully saturated rings. The van der Waals surface area contributed by atoms with E-state index in [0.717, 1.165) is 5.56 Å². The van der Waals surface area contributed by atoms with Gasteiger partial charge in [-0.2, -0.15) is 0 Å². The number of rotatable bonds is 6. The lowest BCUT2D eigenvalue weighted by atomic mass is 10.2. The number of carbonyl (C=O) groups excluding carboxylic acids is 1. The average molecular weight is 365 g/mol. The van der Waals surface area contributed by atoms with Crippen molar-refractivity contribution in [1.82, 2.24) is 0 Å². The van der Waals surface area contributed by atoms with Gasteiger partial charge in [-0.3, -0.25) is 15.4 Å². The molecule has 0 saturated carbocycles. The SMILES string of the molecule is CCOC(=O)Nc1ccc(N(P)Cc2ccc(F)cc2)cc1[N+](=O)[O-]. The molecule has 0 aromatic heterocycles. The Morgan fingerprint density at radius 2 is 2.00 bits per heavy atom. The summed E-state index contributed by atoms with van der Waals surface area (Å²) in [7, 11) is 2.46. The Labute approximate surface area is 146 Å². The Morgan fingerprint density at radius 1 is 1.32 bits per heavy atom. The summed E-state index contributed by atoms with van der Waals surface area (Å²) in [6.45, 7) is 2.21. The minimum atomic E-state index is -0.757. The first-order valence-electron chi connectivity index (χ1n) is 7.39. The molecule has 0 saturated heterocycles. The van der Waals surface area contributed by atoms with E-state index in [2.05, 4.69) is 14.7 Å². The van der Waals surface area contributed by atoms with Crippen LogP contribution in [0.5, 0.6) is 0 Å². The highest BCUT2D eigenvalue weighted by atomic mass is 31.0. The van der Waals surface area contributed by atoms with Gasteiger partial charge in [0.1, 0.15) is 11.5 Å². The second-order valence-corrected chi connectivity index (χ2v) is 5.68. The minimum Gasteiger partial charge on any atom is -0.450 e. The number of hydrogen-bond acceptors (Lipinski definition) is 5. The summed E-state index contributed by atoms with van der Waals surface area (Å²) < 4.78 is 19.4. The van der Waals surface area contributed by atoms with Crippen molar-refractivity contribution < 1.29 is 18.8 Å². The van der Waals surface area contributed by atoms with Crippen LogP contribution in [0.3, 0.4) is 0 Å². The molecule has 0 aliphatic rings. The number of nitrogens with one attached hydrogen (secondary N) is 1. The van der Waals surface area contributed by atoms with E-state index in [0.29, 0.717) is 12.2 Å². The molecule has 1 atom stereocenters. The lowest BCUT2D eigenvalue weighted by molar-refractivity contribution is -0.383. The highest BCUT2D eigenvalue weighted by Gasteiger charge is 2.18. The summed E-state index contributed by atoms with van der Waals surface area (Å²) >= 11 is 0. The summed E-state index contributed by atoms with van der Waals surface area (Å²) in [4.78, 5) is 22.2. The van der Waals surface area contributed by atoms with Crippen LogP contribution in [-0.2, 0) is 11.3 Å². The van der Waals surface area contributed by atoms with Crippen LogP contribution in [0.1, 0.15) is 12.5 Å². The van der Waals surface area contributed by atoms with Crippen LogP contribution in [0.4, 0.5) is 26.2 Å². The number of carbonyl (C=O) groups is 1. The van der Waals surface area contributed by atoms with Crippen molar-refractivity contribution >= 4 is 32.5 Å². The van der Waals surface area contributed by atoms with E-state index >= 15 is 0 Å². The molecule has 7 nitrogen and oxygen atoms in total. The topological polar surface area (TPSA) is 84.7 Å². The zero-order valence-electron chi connectivity index (χ0n) is 13.4. The molecule has 1 N–H and O–H groups in total. The van der Waals surface area contributed by atoms with E-state index in [1.54, 1.807) is 29.8 Å². The third-order valence-electron chi connectivity index (χ3n) is 3.29. The number of anilines is 2. The third kappa shape index (κ3) is 5.12. The Balaban J connectivity index is 2.20. The first-order chi connectivity index (χ1) is 11.9. The predicted molar refractivity (Wildman–Crippen MR) is 96.0 cm³/mol. The summed E-state index contributed by atoms with van der Waals surface area (Å²) in [6, 6.07) is 10.4. The maximum Gasteiger partial charge on any atom is 0.411 e. The van der Waals surface area contributed by atoms with E-state index in [1.807, 2.05) is 0 Å². The number of nitrogens with zero attached hydrogens (tertiary/aromatic N) is 2. The van der Waals surface area contributed by atoms with Crippen LogP contribution < -0.4 is 9.99 Å². The molecule has 1 unspecified atom stereocenters. The molecule has 0 heterocycles. The summed E-state index contributed by atoms with van der Waals surface area (Å²) in [5.41, 5.74) is 1.19. The van der Waals surface area contributed by atoms with Gasteiger partial charge in [-0.05, 0) is 46.1 Å². The van der Waals surface area contributed by atoms with Crippen LogP contribution in [-0.4, -0.2) is 17.6 Å². The van der Waals surface area contributed by atoms with Gasteiger partial charge in [0, 0.05) is 18.3 Å². The summed E-state index contributed by atoms with van der Waals surface area (Å²) in [5, 5.41) is 13.6. The monoisotopic (exact) mass is 365 g/mol. The molecule has 0 bridgehead atoms. The Kier molecular flexibility index (Phi) is 6.25. The number of ether oxygens (including phenoxy) is 1. The smallest absolute Gasteiger partial charge is 0.411 e. The molecule has 0 radical (unpaired) electrons. The van der Waals surface area contributed by atoms with E-state index in [4.69, 9.17) is 4.74 Å². The number of hydrogen-bond donors (Lipinski definition) is 1. The number of amides is 1. The first kappa shape index (κ1) is 18.6. The molecule has 9 heteroatoms. The van der Waals surface area contributed by atoms with Gasteiger partial charge < -0.3 is 9.41 Å². The molecule has 2 rings (SSSR count). The highest BCUT2D eigenvalue weighted by molar-refractivity contribution is 7.19. The largest absolute Gasteiger partial charge is 0.450 e. The van der Waals surface area contributed by atoms with Gasteiger partial charge in [0.2, 0.25) is 0 Å². The molecule has 25 heavy (non-hydrogen) atoms. The molecular weight excluding hydrogens is 348 g/mol. The number of benzene rings is 2. The van der Waals surface area contributed by atoms with Crippen LogP contribution in [0, 0.1) is 15.9 Å². The van der Waals surface area contributed by atoms with E-state index in [1.165, 1.54) is 24.3 Å². The Bertz CT molecular complexity index is 770. The Hall–Kier alpha value is -2.73. The van der Waals surface area contributed by atoms with Crippen LogP contribution >= 0.6 is 9.39 Å². The fourth-order valence-corrected chi connectivity index (χ4v) is 2.48. The molecule has 1 amide bonds. The summed E-state index contributed by atoms with van der Waals surface area (Å²) in [6.07, 6.45) is -0.757. The van der Waals surface area contributed by atoms with Crippen molar-refractivity contribution in [3.63, 3.8) is 0 Å². The van der Waals surface area contributed by atoms with Crippen molar-refractivity contribution in [1.29, 1.82) is 0 Å². The lowest BCUT2D eigenvalue weighted by Crippen LogP contribution is -2.15. The van der Waals surface area contributed by atoms with Gasteiger partial charge in [0.25, 0.3) is 5.69 Å². The first-order valence-corrected chi connectivity index (χ1v) is 7.91. The third-order valence-corrected chi connectivity index (χ3v) is 3.77. The second kappa shape index (κ2) is 8.39. The van der Waals surface area contributed by atoms with E-state index in [-0.39, 0.29) is 23.8 Å². The molecule has 0 spiro atoms. The molecule has 0 aliphatic carbocycles. The van der Waals surface area contributed by atoms with Gasteiger partial charge in [-0.25, -0.2) is 9.18 Å². The number of nitro groups is 1. The fraction of sp³-hybridized carbons (Fsp3) is 0.188. The normalized spacial score (nSPS) is 10.2. The zero-order valence-corrected chi connectivity index (χ0v) is 14.6. The number of nitro benzene ring substituents is 1. The van der Waals surface area contributed by atoms with Gasteiger partial charge in [0.05, 0.1) is 11.5 Å². The highest BCUT2D eigenvalue weighted by Crippen LogP contribution is 2.32. The maximum absolute atomic E-state index is 13.0. The fourth-order valence-electron chi connectivity index (χ4n) is 2.11.